The molecule has 1 atom stereocenters. The monoisotopic (exact) mass is 338 g/mol. The van der Waals surface area contributed by atoms with Crippen LogP contribution in [0.5, 0.6) is 17.2 Å². The lowest BCUT2D eigenvalue weighted by atomic mass is 9.79. The van der Waals surface area contributed by atoms with Crippen molar-refractivity contribution in [2.24, 2.45) is 5.41 Å². The Hall–Kier alpha value is -1.50. The van der Waals surface area contributed by atoms with Crippen LogP contribution in [0, 0.1) is 5.41 Å². The van der Waals surface area contributed by atoms with Crippen LogP contribution in [0.2, 0.25) is 0 Å². The van der Waals surface area contributed by atoms with E-state index in [1.165, 1.54) is 0 Å². The highest BCUT2D eigenvalue weighted by Gasteiger charge is 2.36. The normalized spacial score (nSPS) is 17.4. The Balaban J connectivity index is 2.52. The second kappa shape index (κ2) is 8.05. The first kappa shape index (κ1) is 18.8. The van der Waals surface area contributed by atoms with Crippen LogP contribution in [0.15, 0.2) is 12.1 Å². The largest absolute Gasteiger partial charge is 0.493 e. The van der Waals surface area contributed by atoms with E-state index in [4.69, 9.17) is 14.2 Å². The molecule has 1 fully saturated rings. The molecule has 1 aliphatic rings. The minimum atomic E-state index is -0.304. The van der Waals surface area contributed by atoms with E-state index in [-0.39, 0.29) is 18.1 Å². The van der Waals surface area contributed by atoms with Gasteiger partial charge in [0.25, 0.3) is 0 Å². The number of hydrogen-bond donors (Lipinski definition) is 2. The van der Waals surface area contributed by atoms with Crippen molar-refractivity contribution in [1.82, 2.24) is 10.2 Å². The van der Waals surface area contributed by atoms with Gasteiger partial charge >= 0.3 is 0 Å². The number of rotatable bonds is 7. The summed E-state index contributed by atoms with van der Waals surface area (Å²) in [6.07, 6.45) is 0. The first-order chi connectivity index (χ1) is 11.5. The molecule has 24 heavy (non-hydrogen) atoms. The number of hydrogen-bond acceptors (Lipinski definition) is 6. The van der Waals surface area contributed by atoms with Crippen molar-refractivity contribution >= 4 is 0 Å². The molecule has 0 saturated carbocycles. The van der Waals surface area contributed by atoms with E-state index >= 15 is 0 Å². The van der Waals surface area contributed by atoms with E-state index in [1.54, 1.807) is 21.3 Å². The molecule has 0 amide bonds. The number of methoxy groups -OCH3 is 3. The van der Waals surface area contributed by atoms with Crippen LogP contribution >= 0.6 is 0 Å². The summed E-state index contributed by atoms with van der Waals surface area (Å²) in [4.78, 5) is 2.41. The summed E-state index contributed by atoms with van der Waals surface area (Å²) in [6.45, 7) is 8.03. The molecule has 0 aromatic heterocycles. The van der Waals surface area contributed by atoms with Crippen molar-refractivity contribution in [3.63, 3.8) is 0 Å². The number of piperazine rings is 1. The molecule has 136 valence electrons. The van der Waals surface area contributed by atoms with Gasteiger partial charge in [-0.25, -0.2) is 0 Å². The van der Waals surface area contributed by atoms with E-state index < -0.39 is 0 Å². The molecule has 0 unspecified atom stereocenters. The molecule has 0 aliphatic carbocycles. The van der Waals surface area contributed by atoms with Gasteiger partial charge in [-0.05, 0) is 17.7 Å². The number of benzene rings is 1. The van der Waals surface area contributed by atoms with Crippen LogP contribution in [0.1, 0.15) is 25.5 Å². The molecule has 2 N–H and O–H groups in total. The SMILES string of the molecule is COc1cc([C@H](N2CCNCC2)C(C)(C)CO)cc(OC)c1OC. The average Bonchev–Trinajstić information content (AvgIpc) is 2.61. The van der Waals surface area contributed by atoms with E-state index in [2.05, 4.69) is 24.1 Å². The van der Waals surface area contributed by atoms with Crippen LogP contribution in [0.3, 0.4) is 0 Å². The molecule has 6 nitrogen and oxygen atoms in total. The lowest BCUT2D eigenvalue weighted by Crippen LogP contribution is -2.49. The topological polar surface area (TPSA) is 63.2 Å². The van der Waals surface area contributed by atoms with Crippen molar-refractivity contribution in [2.75, 3.05) is 54.1 Å². The predicted octanol–water partition coefficient (Wildman–Crippen LogP) is 1.68. The fourth-order valence-corrected chi connectivity index (χ4v) is 3.44. The Morgan fingerprint density at radius 2 is 1.62 bits per heavy atom. The number of aliphatic hydroxyl groups excluding tert-OH is 1. The third-order valence-corrected chi connectivity index (χ3v) is 4.67. The maximum Gasteiger partial charge on any atom is 0.203 e. The van der Waals surface area contributed by atoms with Crippen LogP contribution in [0.25, 0.3) is 0 Å². The number of nitrogens with one attached hydrogen (secondary N) is 1. The molecule has 0 bridgehead atoms. The minimum Gasteiger partial charge on any atom is -0.493 e. The number of aliphatic hydroxyl groups is 1. The van der Waals surface area contributed by atoms with Gasteiger partial charge in [-0.2, -0.15) is 0 Å². The Morgan fingerprint density at radius 1 is 1.08 bits per heavy atom. The summed E-state index contributed by atoms with van der Waals surface area (Å²) in [6, 6.07) is 4.04. The Kier molecular flexibility index (Phi) is 6.32. The van der Waals surface area contributed by atoms with E-state index in [0.717, 1.165) is 31.7 Å². The highest BCUT2D eigenvalue weighted by molar-refractivity contribution is 5.54. The molecule has 0 radical (unpaired) electrons. The Bertz CT molecular complexity index is 517. The van der Waals surface area contributed by atoms with E-state index in [0.29, 0.717) is 17.2 Å². The molecule has 1 aromatic rings. The molecule has 2 rings (SSSR count). The van der Waals surface area contributed by atoms with Crippen molar-refractivity contribution in [3.8, 4) is 17.2 Å². The maximum atomic E-state index is 9.98. The zero-order valence-electron chi connectivity index (χ0n) is 15.4. The summed E-state index contributed by atoms with van der Waals surface area (Å²) in [7, 11) is 4.85. The standard InChI is InChI=1S/C18H30N2O4/c1-18(2,12-21)17(20-8-6-19-7-9-20)13-10-14(22-3)16(24-5)15(11-13)23-4/h10-11,17,19,21H,6-9,12H2,1-5H3/t17-/m0/s1. The molecule has 6 heteroatoms. The van der Waals surface area contributed by atoms with E-state index in [1.807, 2.05) is 12.1 Å². The zero-order chi connectivity index (χ0) is 17.7. The van der Waals surface area contributed by atoms with Gasteiger partial charge in [0.15, 0.2) is 11.5 Å². The molecule has 1 saturated heterocycles. The minimum absolute atomic E-state index is 0.0540. The van der Waals surface area contributed by atoms with Gasteiger partial charge < -0.3 is 24.6 Å². The number of nitrogens with zero attached hydrogens (tertiary/aromatic N) is 1. The molecule has 1 aliphatic heterocycles. The summed E-state index contributed by atoms with van der Waals surface area (Å²) in [5.74, 6) is 1.87. The predicted molar refractivity (Wildman–Crippen MR) is 94.1 cm³/mol. The molecular formula is C18H30N2O4. The van der Waals surface area contributed by atoms with Crippen LogP contribution < -0.4 is 19.5 Å². The van der Waals surface area contributed by atoms with Gasteiger partial charge in [-0.1, -0.05) is 13.8 Å². The maximum absolute atomic E-state index is 9.98. The highest BCUT2D eigenvalue weighted by Crippen LogP contribution is 2.45. The van der Waals surface area contributed by atoms with Crippen LogP contribution in [-0.2, 0) is 0 Å². The van der Waals surface area contributed by atoms with Gasteiger partial charge in [0.2, 0.25) is 5.75 Å². The fourth-order valence-electron chi connectivity index (χ4n) is 3.44. The summed E-state index contributed by atoms with van der Waals surface area (Å²) < 4.78 is 16.4. The molecular weight excluding hydrogens is 308 g/mol. The molecule has 1 aromatic carbocycles. The van der Waals surface area contributed by atoms with Crippen molar-refractivity contribution < 1.29 is 19.3 Å². The van der Waals surface area contributed by atoms with Gasteiger partial charge in [-0.3, -0.25) is 4.90 Å². The molecule has 0 spiro atoms. The molecule has 1 heterocycles. The summed E-state index contributed by atoms with van der Waals surface area (Å²) in [5.41, 5.74) is 0.757. The lowest BCUT2D eigenvalue weighted by Gasteiger charge is -2.43. The third-order valence-electron chi connectivity index (χ3n) is 4.67. The highest BCUT2D eigenvalue weighted by atomic mass is 16.5. The quantitative estimate of drug-likeness (QED) is 0.789. The van der Waals surface area contributed by atoms with Crippen LogP contribution in [0.4, 0.5) is 0 Å². The first-order valence-electron chi connectivity index (χ1n) is 8.34. The Morgan fingerprint density at radius 3 is 2.04 bits per heavy atom. The second-order valence-electron chi connectivity index (χ2n) is 6.79. The van der Waals surface area contributed by atoms with Gasteiger partial charge in [0.1, 0.15) is 0 Å². The smallest absolute Gasteiger partial charge is 0.203 e. The van der Waals surface area contributed by atoms with Crippen LogP contribution in [-0.4, -0.2) is 64.1 Å². The fraction of sp³-hybridized carbons (Fsp3) is 0.667. The third kappa shape index (κ3) is 3.77. The van der Waals surface area contributed by atoms with Crippen molar-refractivity contribution in [1.29, 1.82) is 0 Å². The van der Waals surface area contributed by atoms with E-state index in [9.17, 15) is 5.11 Å². The zero-order valence-corrected chi connectivity index (χ0v) is 15.4. The summed E-state index contributed by atoms with van der Waals surface area (Å²) >= 11 is 0. The number of ether oxygens (including phenoxy) is 3. The van der Waals surface area contributed by atoms with Gasteiger partial charge in [-0.15, -0.1) is 0 Å². The van der Waals surface area contributed by atoms with Crippen molar-refractivity contribution in [3.05, 3.63) is 17.7 Å². The van der Waals surface area contributed by atoms with Gasteiger partial charge in [0.05, 0.1) is 21.3 Å². The first-order valence-corrected chi connectivity index (χ1v) is 8.34. The van der Waals surface area contributed by atoms with Gasteiger partial charge in [0, 0.05) is 44.2 Å². The average molecular weight is 338 g/mol. The lowest BCUT2D eigenvalue weighted by molar-refractivity contribution is 0.0303. The van der Waals surface area contributed by atoms with Crippen molar-refractivity contribution in [2.45, 2.75) is 19.9 Å². The summed E-state index contributed by atoms with van der Waals surface area (Å²) in [5, 5.41) is 13.4. The second-order valence-corrected chi connectivity index (χ2v) is 6.79. The Labute approximate surface area is 144 Å².